The molecule has 0 amide bonds. The number of hydrogen-bond acceptors (Lipinski definition) is 2. The molecule has 4 fully saturated rings. The normalized spacial score (nSPS) is 43.3. The number of nitrogens with two attached hydrogens (primary N) is 1. The lowest BCUT2D eigenvalue weighted by Gasteiger charge is -2.52. The van der Waals surface area contributed by atoms with Gasteiger partial charge in [-0.05, 0) is 87.9 Å². The van der Waals surface area contributed by atoms with Crippen LogP contribution in [0.2, 0.25) is 0 Å². The Labute approximate surface area is 161 Å². The average molecular weight is 360 g/mol. The van der Waals surface area contributed by atoms with Crippen LogP contribution < -0.4 is 5.73 Å². The van der Waals surface area contributed by atoms with Gasteiger partial charge in [-0.1, -0.05) is 38.5 Å². The van der Waals surface area contributed by atoms with Crippen LogP contribution >= 0.6 is 0 Å². The molecule has 0 saturated heterocycles. The monoisotopic (exact) mass is 359 g/mol. The molecule has 26 heavy (non-hydrogen) atoms. The molecule has 1 atom stereocenters. The molecule has 4 aliphatic carbocycles. The van der Waals surface area contributed by atoms with E-state index in [0.29, 0.717) is 23.7 Å². The SMILES string of the molecule is NC1CCC(C2(C3CCC(C4CCCCC4)CC3)CCCCC2=O)CC1. The first-order valence-corrected chi connectivity index (χ1v) is 12.0. The Morgan fingerprint density at radius 2 is 1.23 bits per heavy atom. The zero-order valence-corrected chi connectivity index (χ0v) is 16.9. The molecular weight excluding hydrogens is 318 g/mol. The average Bonchev–Trinajstić information content (AvgIpc) is 2.70. The number of carbonyl (C=O) groups excluding carboxylic acids is 1. The van der Waals surface area contributed by atoms with Crippen molar-refractivity contribution in [3.8, 4) is 0 Å². The summed E-state index contributed by atoms with van der Waals surface area (Å²) < 4.78 is 0. The summed E-state index contributed by atoms with van der Waals surface area (Å²) in [5, 5.41) is 0. The molecular formula is C24H41NO. The largest absolute Gasteiger partial charge is 0.328 e. The van der Waals surface area contributed by atoms with Crippen molar-refractivity contribution in [2.24, 2.45) is 34.8 Å². The van der Waals surface area contributed by atoms with Crippen molar-refractivity contribution in [3.63, 3.8) is 0 Å². The number of carbonyl (C=O) groups is 1. The van der Waals surface area contributed by atoms with E-state index < -0.39 is 0 Å². The highest BCUT2D eigenvalue weighted by Gasteiger charge is 2.52. The van der Waals surface area contributed by atoms with E-state index in [-0.39, 0.29) is 5.41 Å². The molecule has 0 aliphatic heterocycles. The number of hydrogen-bond donors (Lipinski definition) is 1. The molecule has 0 heterocycles. The third-order valence-electron chi connectivity index (χ3n) is 9.08. The fourth-order valence-electron chi connectivity index (χ4n) is 7.62. The molecule has 0 radical (unpaired) electrons. The second kappa shape index (κ2) is 8.33. The van der Waals surface area contributed by atoms with Crippen molar-refractivity contribution in [1.29, 1.82) is 0 Å². The lowest BCUT2D eigenvalue weighted by molar-refractivity contribution is -0.143. The summed E-state index contributed by atoms with van der Waals surface area (Å²) in [5.41, 5.74) is 6.25. The second-order valence-electron chi connectivity index (χ2n) is 10.3. The van der Waals surface area contributed by atoms with Crippen LogP contribution in [0.5, 0.6) is 0 Å². The highest BCUT2D eigenvalue weighted by molar-refractivity contribution is 5.86. The summed E-state index contributed by atoms with van der Waals surface area (Å²) >= 11 is 0. The lowest BCUT2D eigenvalue weighted by Crippen LogP contribution is -2.50. The van der Waals surface area contributed by atoms with Gasteiger partial charge in [0.15, 0.2) is 0 Å². The molecule has 2 N–H and O–H groups in total. The van der Waals surface area contributed by atoms with Crippen LogP contribution in [-0.4, -0.2) is 11.8 Å². The molecule has 0 aromatic carbocycles. The van der Waals surface area contributed by atoms with Crippen LogP contribution in [-0.2, 0) is 4.79 Å². The second-order valence-corrected chi connectivity index (χ2v) is 10.3. The molecule has 0 bridgehead atoms. The number of rotatable bonds is 3. The van der Waals surface area contributed by atoms with Crippen molar-refractivity contribution in [2.45, 2.75) is 115 Å². The first kappa shape index (κ1) is 19.0. The third kappa shape index (κ3) is 3.64. The molecule has 4 saturated carbocycles. The Balaban J connectivity index is 1.46. The first-order chi connectivity index (χ1) is 12.7. The Bertz CT molecular complexity index is 467. The molecule has 2 heteroatoms. The van der Waals surface area contributed by atoms with Gasteiger partial charge < -0.3 is 5.73 Å². The minimum atomic E-state index is 0.0515. The lowest BCUT2D eigenvalue weighted by atomic mass is 9.52. The van der Waals surface area contributed by atoms with E-state index >= 15 is 0 Å². The van der Waals surface area contributed by atoms with Gasteiger partial charge in [-0.3, -0.25) is 4.79 Å². The first-order valence-electron chi connectivity index (χ1n) is 12.0. The smallest absolute Gasteiger partial charge is 0.139 e. The molecule has 0 aromatic rings. The predicted octanol–water partition coefficient (Wildman–Crippen LogP) is 6.02. The van der Waals surface area contributed by atoms with Gasteiger partial charge >= 0.3 is 0 Å². The van der Waals surface area contributed by atoms with Crippen molar-refractivity contribution in [3.05, 3.63) is 0 Å². The van der Waals surface area contributed by atoms with Crippen LogP contribution in [0.3, 0.4) is 0 Å². The molecule has 4 aliphatic rings. The van der Waals surface area contributed by atoms with E-state index in [2.05, 4.69) is 0 Å². The Hall–Kier alpha value is -0.370. The Kier molecular flexibility index (Phi) is 6.08. The third-order valence-corrected chi connectivity index (χ3v) is 9.08. The van der Waals surface area contributed by atoms with Gasteiger partial charge in [0.05, 0.1) is 0 Å². The standard InChI is InChI=1S/C24H41NO/c25-22-15-13-21(14-16-22)24(17-5-4-8-23(24)26)20-11-9-19(10-12-20)18-6-2-1-3-7-18/h18-22H,1-17,25H2. The zero-order chi connectivity index (χ0) is 18.0. The van der Waals surface area contributed by atoms with E-state index in [1.165, 1.54) is 83.5 Å². The van der Waals surface area contributed by atoms with Crippen LogP contribution in [0, 0.1) is 29.1 Å². The number of Topliss-reactive ketones (excluding diaryl/α,β-unsaturated/α-hetero) is 1. The van der Waals surface area contributed by atoms with Gasteiger partial charge in [0, 0.05) is 17.9 Å². The molecule has 1 unspecified atom stereocenters. The maximum Gasteiger partial charge on any atom is 0.139 e. The zero-order valence-electron chi connectivity index (χ0n) is 16.9. The van der Waals surface area contributed by atoms with Crippen molar-refractivity contribution in [1.82, 2.24) is 0 Å². The predicted molar refractivity (Wildman–Crippen MR) is 108 cm³/mol. The molecule has 0 aromatic heterocycles. The molecule has 148 valence electrons. The van der Waals surface area contributed by atoms with Gasteiger partial charge in [-0.2, -0.15) is 0 Å². The Morgan fingerprint density at radius 3 is 1.85 bits per heavy atom. The highest BCUT2D eigenvalue weighted by Crippen LogP contribution is 2.56. The summed E-state index contributed by atoms with van der Waals surface area (Å²) in [6, 6.07) is 0.393. The van der Waals surface area contributed by atoms with Crippen LogP contribution in [0.15, 0.2) is 0 Å². The highest BCUT2D eigenvalue weighted by atomic mass is 16.1. The fourth-order valence-corrected chi connectivity index (χ4v) is 7.62. The van der Waals surface area contributed by atoms with E-state index in [1.54, 1.807) is 0 Å². The number of ketones is 1. The van der Waals surface area contributed by atoms with Crippen LogP contribution in [0.25, 0.3) is 0 Å². The van der Waals surface area contributed by atoms with E-state index in [4.69, 9.17) is 5.73 Å². The minimum Gasteiger partial charge on any atom is -0.328 e. The van der Waals surface area contributed by atoms with Gasteiger partial charge in [-0.25, -0.2) is 0 Å². The van der Waals surface area contributed by atoms with Crippen molar-refractivity contribution < 1.29 is 4.79 Å². The molecule has 0 spiro atoms. The summed E-state index contributed by atoms with van der Waals surface area (Å²) in [4.78, 5) is 13.3. The quantitative estimate of drug-likeness (QED) is 0.669. The van der Waals surface area contributed by atoms with E-state index in [1.807, 2.05) is 0 Å². The molecule has 4 rings (SSSR count). The maximum absolute atomic E-state index is 13.3. The van der Waals surface area contributed by atoms with Crippen molar-refractivity contribution in [2.75, 3.05) is 0 Å². The summed E-state index contributed by atoms with van der Waals surface area (Å²) in [5.74, 6) is 3.98. The fraction of sp³-hybridized carbons (Fsp3) is 0.958. The Morgan fingerprint density at radius 1 is 0.654 bits per heavy atom. The van der Waals surface area contributed by atoms with Gasteiger partial charge in [0.2, 0.25) is 0 Å². The summed E-state index contributed by atoms with van der Waals surface area (Å²) in [6.07, 6.45) is 22.1. The van der Waals surface area contributed by atoms with Gasteiger partial charge in [-0.15, -0.1) is 0 Å². The topological polar surface area (TPSA) is 43.1 Å². The molecule has 2 nitrogen and oxygen atoms in total. The van der Waals surface area contributed by atoms with Gasteiger partial charge in [0.25, 0.3) is 0 Å². The van der Waals surface area contributed by atoms with E-state index in [9.17, 15) is 4.79 Å². The van der Waals surface area contributed by atoms with Crippen molar-refractivity contribution >= 4 is 5.78 Å². The minimum absolute atomic E-state index is 0.0515. The summed E-state index contributed by atoms with van der Waals surface area (Å²) in [6.45, 7) is 0. The van der Waals surface area contributed by atoms with Gasteiger partial charge in [0.1, 0.15) is 5.78 Å². The summed E-state index contributed by atoms with van der Waals surface area (Å²) in [7, 11) is 0. The van der Waals surface area contributed by atoms with Crippen LogP contribution in [0.4, 0.5) is 0 Å². The van der Waals surface area contributed by atoms with Crippen LogP contribution in [0.1, 0.15) is 109 Å². The maximum atomic E-state index is 13.3. The van der Waals surface area contributed by atoms with E-state index in [0.717, 1.165) is 37.5 Å².